The minimum Gasteiger partial charge on any atom is -0.492 e. The zero-order valence-electron chi connectivity index (χ0n) is 13.8. The minimum absolute atomic E-state index is 0.288. The van der Waals surface area contributed by atoms with E-state index in [0.717, 1.165) is 17.9 Å². The Morgan fingerprint density at radius 2 is 1.92 bits per heavy atom. The normalized spacial score (nSPS) is 12.1. The second kappa shape index (κ2) is 9.00. The average molecular weight is 355 g/mol. The van der Waals surface area contributed by atoms with Gasteiger partial charge in [-0.25, -0.2) is 4.99 Å². The van der Waals surface area contributed by atoms with Crippen LogP contribution in [0.5, 0.6) is 5.75 Å². The van der Waals surface area contributed by atoms with Crippen molar-refractivity contribution in [1.82, 2.24) is 10.6 Å². The van der Waals surface area contributed by atoms with E-state index in [-0.39, 0.29) is 6.61 Å². The van der Waals surface area contributed by atoms with Gasteiger partial charge >= 0.3 is 6.18 Å². The molecule has 0 amide bonds. The first-order valence-corrected chi connectivity index (χ1v) is 7.83. The molecule has 136 valence electrons. The number of aliphatic imine (C=N–C) groups is 1. The first-order valence-electron chi connectivity index (χ1n) is 7.83. The summed E-state index contributed by atoms with van der Waals surface area (Å²) >= 11 is 0. The van der Waals surface area contributed by atoms with Crippen LogP contribution in [0.3, 0.4) is 0 Å². The average Bonchev–Trinajstić information content (AvgIpc) is 3.09. The van der Waals surface area contributed by atoms with Crippen molar-refractivity contribution in [2.75, 3.05) is 19.7 Å². The van der Waals surface area contributed by atoms with Gasteiger partial charge in [-0.2, -0.15) is 13.2 Å². The van der Waals surface area contributed by atoms with Gasteiger partial charge in [0.1, 0.15) is 24.7 Å². The third-order valence-corrected chi connectivity index (χ3v) is 3.16. The van der Waals surface area contributed by atoms with Crippen LogP contribution in [0.1, 0.15) is 18.2 Å². The van der Waals surface area contributed by atoms with Crippen molar-refractivity contribution in [3.8, 4) is 5.75 Å². The maximum atomic E-state index is 12.5. The van der Waals surface area contributed by atoms with E-state index in [0.29, 0.717) is 31.3 Å². The van der Waals surface area contributed by atoms with Crippen LogP contribution in [0.2, 0.25) is 0 Å². The minimum atomic E-state index is -4.34. The fourth-order valence-electron chi connectivity index (χ4n) is 1.98. The molecule has 0 fully saturated rings. The summed E-state index contributed by atoms with van der Waals surface area (Å²) in [5.74, 6) is 1.74. The molecule has 0 spiro atoms. The molecule has 0 aliphatic carbocycles. The number of ether oxygens (including phenoxy) is 1. The van der Waals surface area contributed by atoms with Crippen LogP contribution < -0.4 is 15.4 Å². The lowest BCUT2D eigenvalue weighted by molar-refractivity contribution is -0.137. The van der Waals surface area contributed by atoms with Gasteiger partial charge in [0.15, 0.2) is 5.96 Å². The Morgan fingerprint density at radius 1 is 1.16 bits per heavy atom. The fourth-order valence-corrected chi connectivity index (χ4v) is 1.98. The summed E-state index contributed by atoms with van der Waals surface area (Å²) in [4.78, 5) is 4.36. The molecule has 5 nitrogen and oxygen atoms in total. The Morgan fingerprint density at radius 3 is 2.52 bits per heavy atom. The van der Waals surface area contributed by atoms with Crippen LogP contribution in [0.15, 0.2) is 52.1 Å². The van der Waals surface area contributed by atoms with Crippen molar-refractivity contribution in [3.63, 3.8) is 0 Å². The summed E-state index contributed by atoms with van der Waals surface area (Å²) in [5.41, 5.74) is -0.697. The molecule has 2 N–H and O–H groups in total. The van der Waals surface area contributed by atoms with E-state index in [1.54, 1.807) is 12.3 Å². The van der Waals surface area contributed by atoms with Crippen molar-refractivity contribution in [2.45, 2.75) is 19.6 Å². The van der Waals surface area contributed by atoms with Crippen LogP contribution in [0.4, 0.5) is 13.2 Å². The molecule has 0 atom stereocenters. The highest BCUT2D eigenvalue weighted by molar-refractivity contribution is 5.79. The third kappa shape index (κ3) is 6.40. The molecule has 0 bridgehead atoms. The number of rotatable bonds is 7. The second-order valence-corrected chi connectivity index (χ2v) is 5.07. The van der Waals surface area contributed by atoms with Crippen LogP contribution in [0.25, 0.3) is 0 Å². The Balaban J connectivity index is 1.77. The Hall–Kier alpha value is -2.64. The number of furan rings is 1. The van der Waals surface area contributed by atoms with Crippen LogP contribution >= 0.6 is 0 Å². The molecular weight excluding hydrogens is 335 g/mol. The largest absolute Gasteiger partial charge is 0.492 e. The number of benzene rings is 1. The molecule has 0 saturated carbocycles. The summed E-state index contributed by atoms with van der Waals surface area (Å²) in [6, 6.07) is 8.23. The number of nitrogens with one attached hydrogen (secondary N) is 2. The zero-order chi connectivity index (χ0) is 18.1. The molecule has 25 heavy (non-hydrogen) atoms. The van der Waals surface area contributed by atoms with Gasteiger partial charge in [0.25, 0.3) is 0 Å². The van der Waals surface area contributed by atoms with Gasteiger partial charge in [0, 0.05) is 6.54 Å². The molecule has 0 unspecified atom stereocenters. The maximum absolute atomic E-state index is 12.5. The summed E-state index contributed by atoms with van der Waals surface area (Å²) in [5, 5.41) is 6.17. The summed E-state index contributed by atoms with van der Waals surface area (Å²) < 4.78 is 48.1. The lowest BCUT2D eigenvalue weighted by Gasteiger charge is -2.12. The number of nitrogens with zero attached hydrogens (tertiary/aromatic N) is 1. The number of hydrogen-bond donors (Lipinski definition) is 2. The predicted octanol–water partition coefficient (Wildman–Crippen LogP) is 3.43. The third-order valence-electron chi connectivity index (χ3n) is 3.16. The Bertz CT molecular complexity index is 653. The Labute approximate surface area is 143 Å². The second-order valence-electron chi connectivity index (χ2n) is 5.07. The Kier molecular flexibility index (Phi) is 6.73. The zero-order valence-corrected chi connectivity index (χ0v) is 13.8. The number of hydrogen-bond acceptors (Lipinski definition) is 3. The van der Waals surface area contributed by atoms with Crippen molar-refractivity contribution >= 4 is 5.96 Å². The van der Waals surface area contributed by atoms with Gasteiger partial charge in [-0.15, -0.1) is 0 Å². The highest BCUT2D eigenvalue weighted by Gasteiger charge is 2.29. The standard InChI is InChI=1S/C17H20F3N3O2/c1-2-21-16(23-12-15-4-3-10-24-15)22-9-11-25-14-7-5-13(6-8-14)17(18,19)20/h3-8,10H,2,9,11-12H2,1H3,(H2,21,22,23). The molecule has 2 rings (SSSR count). The van der Waals surface area contributed by atoms with E-state index >= 15 is 0 Å². The quantitative estimate of drug-likeness (QED) is 0.454. The van der Waals surface area contributed by atoms with E-state index in [1.807, 2.05) is 13.0 Å². The summed E-state index contributed by atoms with van der Waals surface area (Å²) in [6.07, 6.45) is -2.76. The highest BCUT2D eigenvalue weighted by Crippen LogP contribution is 2.30. The molecular formula is C17H20F3N3O2. The number of alkyl halides is 3. The predicted molar refractivity (Wildman–Crippen MR) is 88.5 cm³/mol. The van der Waals surface area contributed by atoms with E-state index < -0.39 is 11.7 Å². The van der Waals surface area contributed by atoms with E-state index in [1.165, 1.54) is 12.1 Å². The van der Waals surface area contributed by atoms with Crippen molar-refractivity contribution in [2.24, 2.45) is 4.99 Å². The van der Waals surface area contributed by atoms with Crippen LogP contribution in [0, 0.1) is 0 Å². The molecule has 2 aromatic rings. The maximum Gasteiger partial charge on any atom is 0.416 e. The topological polar surface area (TPSA) is 58.8 Å². The number of halogens is 3. The van der Waals surface area contributed by atoms with Gasteiger partial charge in [-0.3, -0.25) is 0 Å². The summed E-state index contributed by atoms with van der Waals surface area (Å²) in [6.45, 7) is 3.79. The van der Waals surface area contributed by atoms with Crippen molar-refractivity contribution < 1.29 is 22.3 Å². The molecule has 1 heterocycles. The van der Waals surface area contributed by atoms with Crippen molar-refractivity contribution in [1.29, 1.82) is 0 Å². The van der Waals surface area contributed by atoms with Gasteiger partial charge in [-0.1, -0.05) is 0 Å². The summed E-state index contributed by atoms with van der Waals surface area (Å²) in [7, 11) is 0. The van der Waals surface area contributed by atoms with Crippen LogP contribution in [-0.2, 0) is 12.7 Å². The molecule has 1 aromatic heterocycles. The van der Waals surface area contributed by atoms with E-state index in [2.05, 4.69) is 15.6 Å². The molecule has 0 radical (unpaired) electrons. The van der Waals surface area contributed by atoms with Gasteiger partial charge in [-0.05, 0) is 43.3 Å². The van der Waals surface area contributed by atoms with Gasteiger partial charge in [0.2, 0.25) is 0 Å². The molecule has 1 aromatic carbocycles. The SMILES string of the molecule is CCNC(=NCc1ccco1)NCCOc1ccc(C(F)(F)F)cc1. The first-order chi connectivity index (χ1) is 12.0. The molecule has 8 heteroatoms. The molecule has 0 aliphatic heterocycles. The van der Waals surface area contributed by atoms with Gasteiger partial charge < -0.3 is 19.8 Å². The number of guanidine groups is 1. The van der Waals surface area contributed by atoms with Gasteiger partial charge in [0.05, 0.1) is 18.4 Å². The smallest absolute Gasteiger partial charge is 0.416 e. The molecule has 0 aliphatic rings. The molecule has 0 saturated heterocycles. The monoisotopic (exact) mass is 355 g/mol. The fraction of sp³-hybridized carbons (Fsp3) is 0.353. The van der Waals surface area contributed by atoms with E-state index in [9.17, 15) is 13.2 Å². The van der Waals surface area contributed by atoms with Crippen molar-refractivity contribution in [3.05, 3.63) is 54.0 Å². The van der Waals surface area contributed by atoms with Crippen LogP contribution in [-0.4, -0.2) is 25.7 Å². The lowest BCUT2D eigenvalue weighted by atomic mass is 10.2. The first kappa shape index (κ1) is 18.7. The highest BCUT2D eigenvalue weighted by atomic mass is 19.4. The lowest BCUT2D eigenvalue weighted by Crippen LogP contribution is -2.39. The van der Waals surface area contributed by atoms with E-state index in [4.69, 9.17) is 9.15 Å².